The second kappa shape index (κ2) is 6.39. The van der Waals surface area contributed by atoms with E-state index < -0.39 is 0 Å². The number of rotatable bonds is 6. The van der Waals surface area contributed by atoms with Gasteiger partial charge in [-0.15, -0.1) is 0 Å². The van der Waals surface area contributed by atoms with Crippen LogP contribution in [0.1, 0.15) is 33.2 Å². The zero-order valence-corrected chi connectivity index (χ0v) is 10.9. The van der Waals surface area contributed by atoms with Crippen molar-refractivity contribution >= 4 is 5.82 Å². The average Bonchev–Trinajstić information content (AvgIpc) is 2.28. The van der Waals surface area contributed by atoms with Crippen molar-refractivity contribution < 1.29 is 4.74 Å². The number of aromatic nitrogens is 2. The van der Waals surface area contributed by atoms with Gasteiger partial charge in [0.2, 0.25) is 0 Å². The van der Waals surface area contributed by atoms with Gasteiger partial charge in [-0.1, -0.05) is 0 Å². The summed E-state index contributed by atoms with van der Waals surface area (Å²) in [7, 11) is 1.67. The lowest BCUT2D eigenvalue weighted by atomic mass is 10.2. The third-order valence-corrected chi connectivity index (χ3v) is 2.56. The highest BCUT2D eigenvalue weighted by atomic mass is 16.5. The van der Waals surface area contributed by atoms with E-state index >= 15 is 0 Å². The number of ether oxygens (including phenoxy) is 1. The van der Waals surface area contributed by atoms with Gasteiger partial charge in [-0.05, 0) is 27.2 Å². The molecule has 5 heteroatoms. The Morgan fingerprint density at radius 1 is 1.47 bits per heavy atom. The van der Waals surface area contributed by atoms with E-state index in [1.807, 2.05) is 20.8 Å². The van der Waals surface area contributed by atoms with Gasteiger partial charge in [-0.3, -0.25) is 4.79 Å². The molecule has 0 aliphatic carbocycles. The van der Waals surface area contributed by atoms with E-state index in [0.29, 0.717) is 12.4 Å². The van der Waals surface area contributed by atoms with Crippen LogP contribution >= 0.6 is 0 Å². The zero-order chi connectivity index (χ0) is 12.8. The summed E-state index contributed by atoms with van der Waals surface area (Å²) in [5.74, 6) is 0.407. The Morgan fingerprint density at radius 2 is 2.18 bits per heavy atom. The van der Waals surface area contributed by atoms with Crippen molar-refractivity contribution in [1.82, 2.24) is 9.55 Å². The Kier molecular flexibility index (Phi) is 5.15. The molecule has 0 saturated heterocycles. The van der Waals surface area contributed by atoms with Gasteiger partial charge in [0.15, 0.2) is 5.82 Å². The van der Waals surface area contributed by atoms with Crippen LogP contribution in [-0.2, 0) is 4.74 Å². The average molecular weight is 239 g/mol. The number of hydrogen-bond donors (Lipinski definition) is 1. The number of nitrogens with one attached hydrogen (secondary N) is 1. The first-order valence-electron chi connectivity index (χ1n) is 5.89. The summed E-state index contributed by atoms with van der Waals surface area (Å²) in [5.41, 5.74) is -0.0771. The van der Waals surface area contributed by atoms with Crippen molar-refractivity contribution in [3.63, 3.8) is 0 Å². The molecule has 0 bridgehead atoms. The first-order chi connectivity index (χ1) is 8.06. The van der Waals surface area contributed by atoms with Crippen molar-refractivity contribution in [3.8, 4) is 0 Å². The van der Waals surface area contributed by atoms with Crippen LogP contribution in [0.2, 0.25) is 0 Å². The molecule has 1 N–H and O–H groups in total. The molecule has 1 unspecified atom stereocenters. The molecule has 96 valence electrons. The van der Waals surface area contributed by atoms with Gasteiger partial charge < -0.3 is 14.6 Å². The lowest BCUT2D eigenvalue weighted by molar-refractivity contribution is 0.191. The molecule has 17 heavy (non-hydrogen) atoms. The SMILES string of the molecule is COCCC(C)Nc1nccn(C(C)C)c1=O. The van der Waals surface area contributed by atoms with Gasteiger partial charge in [0.05, 0.1) is 0 Å². The second-order valence-corrected chi connectivity index (χ2v) is 4.41. The van der Waals surface area contributed by atoms with Crippen LogP contribution in [0.15, 0.2) is 17.2 Å². The van der Waals surface area contributed by atoms with Crippen molar-refractivity contribution in [2.24, 2.45) is 0 Å². The second-order valence-electron chi connectivity index (χ2n) is 4.41. The Labute approximate surface area is 102 Å². The monoisotopic (exact) mass is 239 g/mol. The van der Waals surface area contributed by atoms with Gasteiger partial charge in [-0.25, -0.2) is 4.98 Å². The minimum atomic E-state index is -0.0771. The highest BCUT2D eigenvalue weighted by molar-refractivity contribution is 5.32. The Morgan fingerprint density at radius 3 is 2.76 bits per heavy atom. The summed E-state index contributed by atoms with van der Waals surface area (Å²) < 4.78 is 6.66. The van der Waals surface area contributed by atoms with Crippen LogP contribution in [-0.4, -0.2) is 29.3 Å². The number of anilines is 1. The maximum Gasteiger partial charge on any atom is 0.293 e. The summed E-state index contributed by atoms with van der Waals surface area (Å²) in [6.07, 6.45) is 4.19. The van der Waals surface area contributed by atoms with Crippen molar-refractivity contribution in [3.05, 3.63) is 22.7 Å². The molecule has 0 fully saturated rings. The zero-order valence-electron chi connectivity index (χ0n) is 10.9. The minimum Gasteiger partial charge on any atom is -0.385 e. The third-order valence-electron chi connectivity index (χ3n) is 2.56. The van der Waals surface area contributed by atoms with E-state index in [1.54, 1.807) is 24.1 Å². The molecule has 0 aliphatic rings. The smallest absolute Gasteiger partial charge is 0.293 e. The van der Waals surface area contributed by atoms with E-state index in [4.69, 9.17) is 4.74 Å². The summed E-state index contributed by atoms with van der Waals surface area (Å²) in [4.78, 5) is 16.1. The minimum absolute atomic E-state index is 0.0771. The van der Waals surface area contributed by atoms with Crippen LogP contribution in [0.4, 0.5) is 5.82 Å². The molecule has 0 saturated carbocycles. The van der Waals surface area contributed by atoms with Gasteiger partial charge >= 0.3 is 0 Å². The van der Waals surface area contributed by atoms with E-state index in [1.165, 1.54) is 0 Å². The molecule has 0 spiro atoms. The standard InChI is InChI=1S/C12H21N3O2/c1-9(2)15-7-6-13-11(12(15)16)14-10(3)5-8-17-4/h6-7,9-10H,5,8H2,1-4H3,(H,13,14). The fraction of sp³-hybridized carbons (Fsp3) is 0.667. The molecule has 1 aromatic rings. The summed E-state index contributed by atoms with van der Waals surface area (Å²) >= 11 is 0. The maximum atomic E-state index is 12.0. The molecule has 1 aromatic heterocycles. The van der Waals surface area contributed by atoms with Gasteiger partial charge in [0, 0.05) is 38.2 Å². The van der Waals surface area contributed by atoms with E-state index in [0.717, 1.165) is 6.42 Å². The predicted molar refractivity (Wildman–Crippen MR) is 68.5 cm³/mol. The lowest BCUT2D eigenvalue weighted by Gasteiger charge is -2.15. The number of hydrogen-bond acceptors (Lipinski definition) is 4. The largest absolute Gasteiger partial charge is 0.385 e. The van der Waals surface area contributed by atoms with Crippen molar-refractivity contribution in [2.45, 2.75) is 39.3 Å². The Balaban J connectivity index is 2.78. The van der Waals surface area contributed by atoms with Crippen LogP contribution in [0.3, 0.4) is 0 Å². The van der Waals surface area contributed by atoms with Crippen LogP contribution in [0, 0.1) is 0 Å². The molecule has 5 nitrogen and oxygen atoms in total. The molecule has 0 aliphatic heterocycles. The Hall–Kier alpha value is -1.36. The van der Waals surface area contributed by atoms with Gasteiger partial charge in [0.1, 0.15) is 0 Å². The summed E-state index contributed by atoms with van der Waals surface area (Å²) in [6, 6.07) is 0.304. The summed E-state index contributed by atoms with van der Waals surface area (Å²) in [6.45, 7) is 6.62. The van der Waals surface area contributed by atoms with E-state index in [2.05, 4.69) is 10.3 Å². The van der Waals surface area contributed by atoms with Crippen LogP contribution < -0.4 is 10.9 Å². The van der Waals surface area contributed by atoms with Crippen LogP contribution in [0.5, 0.6) is 0 Å². The molecule has 1 rings (SSSR count). The Bertz CT molecular complexity index is 401. The molecule has 0 aromatic carbocycles. The van der Waals surface area contributed by atoms with Crippen LogP contribution in [0.25, 0.3) is 0 Å². The molecule has 1 heterocycles. The molecule has 0 radical (unpaired) electrons. The number of nitrogens with zero attached hydrogens (tertiary/aromatic N) is 2. The van der Waals surface area contributed by atoms with Gasteiger partial charge in [-0.2, -0.15) is 0 Å². The molecular formula is C12H21N3O2. The summed E-state index contributed by atoms with van der Waals surface area (Å²) in [5, 5.41) is 3.12. The first-order valence-corrected chi connectivity index (χ1v) is 5.89. The van der Waals surface area contributed by atoms with Crippen molar-refractivity contribution in [1.29, 1.82) is 0 Å². The fourth-order valence-electron chi connectivity index (χ4n) is 1.53. The molecule has 1 atom stereocenters. The fourth-order valence-corrected chi connectivity index (χ4v) is 1.53. The predicted octanol–water partition coefficient (Wildman–Crippen LogP) is 1.66. The van der Waals surface area contributed by atoms with E-state index in [9.17, 15) is 4.79 Å². The van der Waals surface area contributed by atoms with E-state index in [-0.39, 0.29) is 17.6 Å². The third kappa shape index (κ3) is 3.85. The normalized spacial score (nSPS) is 12.8. The molecular weight excluding hydrogens is 218 g/mol. The number of methoxy groups -OCH3 is 1. The first kappa shape index (κ1) is 13.7. The maximum absolute atomic E-state index is 12.0. The lowest BCUT2D eigenvalue weighted by Crippen LogP contribution is -2.29. The van der Waals surface area contributed by atoms with Gasteiger partial charge in [0.25, 0.3) is 5.56 Å². The quantitative estimate of drug-likeness (QED) is 0.820. The highest BCUT2D eigenvalue weighted by Crippen LogP contribution is 2.04. The topological polar surface area (TPSA) is 56.1 Å². The van der Waals surface area contributed by atoms with Crippen molar-refractivity contribution in [2.75, 3.05) is 19.0 Å². The molecule has 0 amide bonds. The highest BCUT2D eigenvalue weighted by Gasteiger charge is 2.09.